The number of carbonyl (C=O) groups excluding carboxylic acids is 1. The summed E-state index contributed by atoms with van der Waals surface area (Å²) in [4.78, 5) is 10.6. The van der Waals surface area contributed by atoms with Crippen LogP contribution in [0.25, 0.3) is 0 Å². The van der Waals surface area contributed by atoms with Crippen molar-refractivity contribution in [3.05, 3.63) is 12.7 Å². The highest BCUT2D eigenvalue weighted by atomic mass is 16.3. The second-order valence-electron chi connectivity index (χ2n) is 1.65. The Balaban J connectivity index is 3.16. The van der Waals surface area contributed by atoms with Crippen molar-refractivity contribution in [3.8, 4) is 0 Å². The topological polar surface area (TPSA) is 61.4 Å². The Labute approximate surface area is 59.9 Å². The van der Waals surface area contributed by atoms with Crippen LogP contribution < -0.4 is 10.6 Å². The molecule has 4 heteroatoms. The summed E-state index contributed by atoms with van der Waals surface area (Å²) in [5.74, 6) is 0. The van der Waals surface area contributed by atoms with Crippen molar-refractivity contribution in [1.82, 2.24) is 10.6 Å². The molecule has 0 aromatic heterocycles. The molecule has 58 valence electrons. The van der Waals surface area contributed by atoms with Crippen molar-refractivity contribution >= 4 is 6.03 Å². The maximum Gasteiger partial charge on any atom is 0.315 e. The Hall–Kier alpha value is -1.03. The molecule has 0 aliphatic rings. The summed E-state index contributed by atoms with van der Waals surface area (Å²) in [7, 11) is 0. The lowest BCUT2D eigenvalue weighted by molar-refractivity contribution is 0.235. The fourth-order valence-corrected chi connectivity index (χ4v) is 0.397. The fourth-order valence-electron chi connectivity index (χ4n) is 0.397. The number of aliphatic hydroxyl groups is 1. The minimum atomic E-state index is -0.283. The molecule has 0 radical (unpaired) electrons. The number of rotatable bonds is 4. The molecule has 2 amide bonds. The van der Waals surface area contributed by atoms with Crippen molar-refractivity contribution in [3.63, 3.8) is 0 Å². The maximum atomic E-state index is 10.6. The van der Waals surface area contributed by atoms with Crippen molar-refractivity contribution in [2.24, 2.45) is 0 Å². The molecule has 0 bridgehead atoms. The molecule has 0 spiro atoms. The Morgan fingerprint density at radius 3 is 2.80 bits per heavy atom. The molecule has 0 aromatic carbocycles. The predicted octanol–water partition coefficient (Wildman–Crippen LogP) is -0.536. The van der Waals surface area contributed by atoms with E-state index in [0.717, 1.165) is 0 Å². The number of urea groups is 1. The van der Waals surface area contributed by atoms with Gasteiger partial charge in [-0.05, 0) is 0 Å². The van der Waals surface area contributed by atoms with Gasteiger partial charge in [0.15, 0.2) is 0 Å². The third-order valence-electron chi connectivity index (χ3n) is 0.804. The number of nitrogens with one attached hydrogen (secondary N) is 2. The first-order valence-corrected chi connectivity index (χ1v) is 3.04. The van der Waals surface area contributed by atoms with Crippen LogP contribution in [-0.4, -0.2) is 30.8 Å². The quantitative estimate of drug-likeness (QED) is 0.464. The molecule has 3 N–H and O–H groups in total. The summed E-state index contributed by atoms with van der Waals surface area (Å²) in [5, 5.41) is 13.2. The molecule has 0 fully saturated rings. The second kappa shape index (κ2) is 6.10. The molecule has 0 heterocycles. The van der Waals surface area contributed by atoms with Crippen LogP contribution in [0.5, 0.6) is 0 Å². The van der Waals surface area contributed by atoms with Crippen molar-refractivity contribution in [2.75, 3.05) is 19.7 Å². The molecule has 0 saturated carbocycles. The average Bonchev–Trinajstić information content (AvgIpc) is 1.97. The first-order valence-electron chi connectivity index (χ1n) is 3.04. The average molecular weight is 144 g/mol. The third-order valence-corrected chi connectivity index (χ3v) is 0.804. The van der Waals surface area contributed by atoms with Crippen LogP contribution in [-0.2, 0) is 0 Å². The van der Waals surface area contributed by atoms with E-state index in [1.165, 1.54) is 0 Å². The zero-order chi connectivity index (χ0) is 7.82. The Morgan fingerprint density at radius 1 is 1.60 bits per heavy atom. The van der Waals surface area contributed by atoms with Gasteiger partial charge in [-0.25, -0.2) is 4.79 Å². The molecule has 4 nitrogen and oxygen atoms in total. The van der Waals surface area contributed by atoms with Gasteiger partial charge < -0.3 is 15.7 Å². The smallest absolute Gasteiger partial charge is 0.315 e. The maximum absolute atomic E-state index is 10.6. The zero-order valence-corrected chi connectivity index (χ0v) is 5.76. The summed E-state index contributed by atoms with van der Waals surface area (Å²) in [6, 6.07) is -0.283. The number of carbonyl (C=O) groups is 1. The molecule has 0 aromatic rings. The summed E-state index contributed by atoms with van der Waals surface area (Å²) >= 11 is 0. The summed E-state index contributed by atoms with van der Waals surface area (Å²) in [6.45, 7) is 4.10. The first-order chi connectivity index (χ1) is 4.81. The van der Waals surface area contributed by atoms with E-state index in [9.17, 15) is 4.79 Å². The third kappa shape index (κ3) is 5.11. The molecule has 0 unspecified atom stereocenters. The van der Waals surface area contributed by atoms with Gasteiger partial charge in [-0.1, -0.05) is 6.08 Å². The van der Waals surface area contributed by atoms with Crippen LogP contribution in [0.3, 0.4) is 0 Å². The van der Waals surface area contributed by atoms with Gasteiger partial charge in [-0.3, -0.25) is 0 Å². The van der Waals surface area contributed by atoms with Gasteiger partial charge in [-0.2, -0.15) is 0 Å². The highest BCUT2D eigenvalue weighted by molar-refractivity contribution is 5.73. The van der Waals surface area contributed by atoms with E-state index in [4.69, 9.17) is 5.11 Å². The van der Waals surface area contributed by atoms with Gasteiger partial charge in [0.2, 0.25) is 0 Å². The van der Waals surface area contributed by atoms with Crippen LogP contribution in [0.4, 0.5) is 4.79 Å². The highest BCUT2D eigenvalue weighted by Crippen LogP contribution is 1.64. The number of aliphatic hydroxyl groups excluding tert-OH is 1. The lowest BCUT2D eigenvalue weighted by Crippen LogP contribution is -2.36. The molecular formula is C6H12N2O2. The fraction of sp³-hybridized carbons (Fsp3) is 0.500. The molecule has 0 rings (SSSR count). The van der Waals surface area contributed by atoms with E-state index in [-0.39, 0.29) is 19.2 Å². The molecule has 0 atom stereocenters. The van der Waals surface area contributed by atoms with Gasteiger partial charge in [0.05, 0.1) is 6.61 Å². The van der Waals surface area contributed by atoms with E-state index in [1.54, 1.807) is 6.08 Å². The minimum absolute atomic E-state index is 0.0402. The lowest BCUT2D eigenvalue weighted by atomic mass is 10.6. The second-order valence-corrected chi connectivity index (χ2v) is 1.65. The molecule has 0 aliphatic heterocycles. The number of amides is 2. The van der Waals surface area contributed by atoms with E-state index in [1.807, 2.05) is 0 Å². The van der Waals surface area contributed by atoms with Gasteiger partial charge in [0.25, 0.3) is 0 Å². The largest absolute Gasteiger partial charge is 0.395 e. The Bertz CT molecular complexity index is 114. The van der Waals surface area contributed by atoms with Crippen LogP contribution in [0.15, 0.2) is 12.7 Å². The van der Waals surface area contributed by atoms with Crippen LogP contribution in [0.1, 0.15) is 0 Å². The molecule has 0 saturated heterocycles. The number of hydrogen-bond donors (Lipinski definition) is 3. The SMILES string of the molecule is C=CCNC(=O)NCCO. The Kier molecular flexibility index (Phi) is 5.47. The lowest BCUT2D eigenvalue weighted by Gasteiger charge is -2.02. The van der Waals surface area contributed by atoms with E-state index in [2.05, 4.69) is 17.2 Å². The predicted molar refractivity (Wildman–Crippen MR) is 38.7 cm³/mol. The zero-order valence-electron chi connectivity index (χ0n) is 5.76. The van der Waals surface area contributed by atoms with Crippen molar-refractivity contribution in [2.45, 2.75) is 0 Å². The van der Waals surface area contributed by atoms with E-state index < -0.39 is 0 Å². The number of hydrogen-bond acceptors (Lipinski definition) is 2. The van der Waals surface area contributed by atoms with Gasteiger partial charge in [0, 0.05) is 13.1 Å². The monoisotopic (exact) mass is 144 g/mol. The van der Waals surface area contributed by atoms with Gasteiger partial charge in [0.1, 0.15) is 0 Å². The van der Waals surface area contributed by atoms with E-state index in [0.29, 0.717) is 6.54 Å². The highest BCUT2D eigenvalue weighted by Gasteiger charge is 1.93. The van der Waals surface area contributed by atoms with E-state index >= 15 is 0 Å². The van der Waals surface area contributed by atoms with Crippen LogP contribution in [0, 0.1) is 0 Å². The normalized spacial score (nSPS) is 8.50. The standard InChI is InChI=1S/C6H12N2O2/c1-2-3-7-6(10)8-4-5-9/h2,9H,1,3-5H2,(H2,7,8,10). The van der Waals surface area contributed by atoms with Crippen molar-refractivity contribution in [1.29, 1.82) is 0 Å². The Morgan fingerprint density at radius 2 is 2.30 bits per heavy atom. The summed E-state index contributed by atoms with van der Waals surface area (Å²) < 4.78 is 0. The van der Waals surface area contributed by atoms with Crippen LogP contribution in [0.2, 0.25) is 0 Å². The van der Waals surface area contributed by atoms with Gasteiger partial charge >= 0.3 is 6.03 Å². The summed E-state index contributed by atoms with van der Waals surface area (Å²) in [5.41, 5.74) is 0. The first kappa shape index (κ1) is 8.97. The summed E-state index contributed by atoms with van der Waals surface area (Å²) in [6.07, 6.45) is 1.58. The minimum Gasteiger partial charge on any atom is -0.395 e. The molecule has 10 heavy (non-hydrogen) atoms. The molecular weight excluding hydrogens is 132 g/mol. The van der Waals surface area contributed by atoms with Crippen molar-refractivity contribution < 1.29 is 9.90 Å². The molecule has 0 aliphatic carbocycles. The van der Waals surface area contributed by atoms with Crippen LogP contribution >= 0.6 is 0 Å². The van der Waals surface area contributed by atoms with Gasteiger partial charge in [-0.15, -0.1) is 6.58 Å².